The summed E-state index contributed by atoms with van der Waals surface area (Å²) in [4.78, 5) is 2.37. The van der Waals surface area contributed by atoms with Gasteiger partial charge in [0.2, 0.25) is 0 Å². The van der Waals surface area contributed by atoms with E-state index in [1.54, 1.807) is 30.3 Å². The van der Waals surface area contributed by atoms with E-state index >= 15 is 0 Å². The highest BCUT2D eigenvalue weighted by Gasteiger charge is 2.19. The van der Waals surface area contributed by atoms with E-state index in [1.165, 1.54) is 17.2 Å². The van der Waals surface area contributed by atoms with E-state index < -0.39 is 10.0 Å². The maximum Gasteiger partial charge on any atom is 0.263 e. The van der Waals surface area contributed by atoms with E-state index in [-0.39, 0.29) is 9.92 Å². The maximum atomic E-state index is 12.5. The Labute approximate surface area is 164 Å². The number of hydrogen-bond acceptors (Lipinski definition) is 3. The molecular formula is C21H19ClN2O2S. The SMILES string of the molecule is O=S(=O)(Nc1ccc(N2CCc3ccccc3C2)cc1)c1ccccc1Cl. The van der Waals surface area contributed by atoms with Gasteiger partial charge in [-0.05, 0) is 53.9 Å². The Morgan fingerprint density at radius 2 is 1.52 bits per heavy atom. The first kappa shape index (κ1) is 17.9. The van der Waals surface area contributed by atoms with Gasteiger partial charge in [0.15, 0.2) is 0 Å². The van der Waals surface area contributed by atoms with Crippen molar-refractivity contribution in [2.75, 3.05) is 16.2 Å². The van der Waals surface area contributed by atoms with Crippen LogP contribution in [0, 0.1) is 0 Å². The van der Waals surface area contributed by atoms with Gasteiger partial charge in [-0.3, -0.25) is 4.72 Å². The van der Waals surface area contributed by atoms with Crippen LogP contribution >= 0.6 is 11.6 Å². The quantitative estimate of drug-likeness (QED) is 0.692. The molecule has 138 valence electrons. The van der Waals surface area contributed by atoms with Crippen LogP contribution in [-0.4, -0.2) is 15.0 Å². The minimum atomic E-state index is -3.72. The molecule has 0 aliphatic carbocycles. The fourth-order valence-electron chi connectivity index (χ4n) is 3.33. The van der Waals surface area contributed by atoms with Gasteiger partial charge in [-0.25, -0.2) is 8.42 Å². The number of rotatable bonds is 4. The van der Waals surface area contributed by atoms with Crippen molar-refractivity contribution in [2.24, 2.45) is 0 Å². The third-order valence-corrected chi connectivity index (χ3v) is 6.62. The van der Waals surface area contributed by atoms with Gasteiger partial charge in [-0.15, -0.1) is 0 Å². The Bertz CT molecular complexity index is 1070. The van der Waals surface area contributed by atoms with Crippen LogP contribution in [0.15, 0.2) is 77.7 Å². The number of nitrogens with zero attached hydrogens (tertiary/aromatic N) is 1. The Balaban J connectivity index is 1.51. The van der Waals surface area contributed by atoms with Crippen molar-refractivity contribution in [3.8, 4) is 0 Å². The molecule has 0 amide bonds. The number of sulfonamides is 1. The van der Waals surface area contributed by atoms with Crippen molar-refractivity contribution in [1.29, 1.82) is 0 Å². The normalized spacial score (nSPS) is 13.9. The van der Waals surface area contributed by atoms with E-state index in [9.17, 15) is 8.42 Å². The van der Waals surface area contributed by atoms with E-state index in [0.717, 1.165) is 25.2 Å². The Morgan fingerprint density at radius 1 is 0.852 bits per heavy atom. The highest BCUT2D eigenvalue weighted by molar-refractivity contribution is 7.92. The summed E-state index contributed by atoms with van der Waals surface area (Å²) in [6.07, 6.45) is 1.01. The number of hydrogen-bond donors (Lipinski definition) is 1. The van der Waals surface area contributed by atoms with E-state index in [2.05, 4.69) is 33.9 Å². The van der Waals surface area contributed by atoms with Crippen molar-refractivity contribution in [1.82, 2.24) is 0 Å². The topological polar surface area (TPSA) is 49.4 Å². The van der Waals surface area contributed by atoms with Gasteiger partial charge >= 0.3 is 0 Å². The summed E-state index contributed by atoms with van der Waals surface area (Å²) in [7, 11) is -3.72. The van der Waals surface area contributed by atoms with E-state index in [1.807, 2.05) is 12.1 Å². The highest BCUT2D eigenvalue weighted by Crippen LogP contribution is 2.27. The van der Waals surface area contributed by atoms with Crippen LogP contribution in [0.2, 0.25) is 5.02 Å². The zero-order valence-electron chi connectivity index (χ0n) is 14.6. The van der Waals surface area contributed by atoms with Gasteiger partial charge in [0.05, 0.1) is 5.02 Å². The molecule has 1 aliphatic heterocycles. The number of fused-ring (bicyclic) bond motifs is 1. The molecule has 0 unspecified atom stereocenters. The standard InChI is InChI=1S/C21H19ClN2O2S/c22-20-7-3-4-8-21(20)27(25,26)23-18-9-11-19(12-10-18)24-14-13-16-5-1-2-6-17(16)15-24/h1-12,23H,13-15H2. The third kappa shape index (κ3) is 3.80. The average molecular weight is 399 g/mol. The minimum Gasteiger partial charge on any atom is -0.367 e. The lowest BCUT2D eigenvalue weighted by atomic mass is 9.99. The third-order valence-electron chi connectivity index (χ3n) is 4.74. The molecule has 0 atom stereocenters. The lowest BCUT2D eigenvalue weighted by Crippen LogP contribution is -2.30. The monoisotopic (exact) mass is 398 g/mol. The molecule has 3 aromatic carbocycles. The first-order valence-electron chi connectivity index (χ1n) is 8.72. The molecule has 1 heterocycles. The summed E-state index contributed by atoms with van der Waals surface area (Å²) in [5, 5.41) is 0.202. The van der Waals surface area contributed by atoms with Gasteiger partial charge in [-0.2, -0.15) is 0 Å². The van der Waals surface area contributed by atoms with Crippen molar-refractivity contribution in [2.45, 2.75) is 17.9 Å². The summed E-state index contributed by atoms with van der Waals surface area (Å²) in [5.74, 6) is 0. The number of anilines is 2. The van der Waals surface area contributed by atoms with Gasteiger partial charge in [-0.1, -0.05) is 48.0 Å². The molecule has 4 rings (SSSR count). The van der Waals surface area contributed by atoms with Crippen LogP contribution < -0.4 is 9.62 Å². The van der Waals surface area contributed by atoms with Crippen LogP contribution in [0.1, 0.15) is 11.1 Å². The van der Waals surface area contributed by atoms with Gasteiger partial charge in [0, 0.05) is 24.5 Å². The minimum absolute atomic E-state index is 0.0726. The summed E-state index contributed by atoms with van der Waals surface area (Å²) >= 11 is 6.02. The fraction of sp³-hybridized carbons (Fsp3) is 0.143. The zero-order chi connectivity index (χ0) is 18.9. The Morgan fingerprint density at radius 3 is 2.26 bits per heavy atom. The molecule has 0 saturated carbocycles. The van der Waals surface area contributed by atoms with Crippen LogP contribution in [0.5, 0.6) is 0 Å². The van der Waals surface area contributed by atoms with Crippen LogP contribution in [0.3, 0.4) is 0 Å². The predicted octanol–water partition coefficient (Wildman–Crippen LogP) is 4.70. The fourth-order valence-corrected chi connectivity index (χ4v) is 4.91. The Hall–Kier alpha value is -2.50. The molecule has 0 bridgehead atoms. The second-order valence-electron chi connectivity index (χ2n) is 6.52. The molecule has 0 aromatic heterocycles. The highest BCUT2D eigenvalue weighted by atomic mass is 35.5. The molecule has 1 aliphatic rings. The van der Waals surface area contributed by atoms with Crippen molar-refractivity contribution in [3.63, 3.8) is 0 Å². The van der Waals surface area contributed by atoms with Gasteiger partial charge < -0.3 is 4.90 Å². The van der Waals surface area contributed by atoms with Crippen LogP contribution in [-0.2, 0) is 23.0 Å². The Kier molecular flexibility index (Phi) is 4.81. The summed E-state index contributed by atoms with van der Waals surface area (Å²) < 4.78 is 27.7. The average Bonchev–Trinajstić information content (AvgIpc) is 2.68. The number of benzene rings is 3. The van der Waals surface area contributed by atoms with Crippen LogP contribution in [0.4, 0.5) is 11.4 Å². The van der Waals surface area contributed by atoms with Gasteiger partial charge in [0.25, 0.3) is 10.0 Å². The van der Waals surface area contributed by atoms with Crippen LogP contribution in [0.25, 0.3) is 0 Å². The molecule has 0 fully saturated rings. The molecular weight excluding hydrogens is 380 g/mol. The maximum absolute atomic E-state index is 12.5. The first-order chi connectivity index (χ1) is 13.0. The second kappa shape index (κ2) is 7.25. The molecule has 4 nitrogen and oxygen atoms in total. The summed E-state index contributed by atoms with van der Waals surface area (Å²) in [5.41, 5.74) is 4.33. The van der Waals surface area contributed by atoms with Crippen molar-refractivity contribution >= 4 is 33.0 Å². The molecule has 1 N–H and O–H groups in total. The van der Waals surface area contributed by atoms with E-state index in [4.69, 9.17) is 11.6 Å². The summed E-state index contributed by atoms with van der Waals surface area (Å²) in [6.45, 7) is 1.81. The molecule has 27 heavy (non-hydrogen) atoms. The smallest absolute Gasteiger partial charge is 0.263 e. The largest absolute Gasteiger partial charge is 0.367 e. The predicted molar refractivity (Wildman–Crippen MR) is 110 cm³/mol. The molecule has 6 heteroatoms. The molecule has 3 aromatic rings. The molecule has 0 saturated heterocycles. The first-order valence-corrected chi connectivity index (χ1v) is 10.6. The second-order valence-corrected chi connectivity index (χ2v) is 8.58. The van der Waals surface area contributed by atoms with Crippen molar-refractivity contribution < 1.29 is 8.42 Å². The molecule has 0 radical (unpaired) electrons. The van der Waals surface area contributed by atoms with Gasteiger partial charge in [0.1, 0.15) is 4.90 Å². The number of nitrogens with one attached hydrogen (secondary N) is 1. The lowest BCUT2D eigenvalue weighted by Gasteiger charge is -2.30. The number of halogens is 1. The van der Waals surface area contributed by atoms with E-state index in [0.29, 0.717) is 5.69 Å². The van der Waals surface area contributed by atoms with Crippen molar-refractivity contribution in [3.05, 3.63) is 88.9 Å². The zero-order valence-corrected chi connectivity index (χ0v) is 16.2. The summed E-state index contributed by atoms with van der Waals surface area (Å²) in [6, 6.07) is 22.3. The molecule has 0 spiro atoms. The lowest BCUT2D eigenvalue weighted by molar-refractivity contribution is 0.601.